The molecule has 1 saturated carbocycles. The van der Waals surface area contributed by atoms with Gasteiger partial charge in [-0.1, -0.05) is 51.8 Å². The van der Waals surface area contributed by atoms with Crippen LogP contribution in [0.5, 0.6) is 11.5 Å². The summed E-state index contributed by atoms with van der Waals surface area (Å²) >= 11 is 0. The molecule has 3 rings (SSSR count). The monoisotopic (exact) mass is 453 g/mol. The number of halogens is 3. The molecule has 0 heterocycles. The van der Waals surface area contributed by atoms with Crippen LogP contribution in [0.15, 0.2) is 42.5 Å². The first-order chi connectivity index (χ1) is 15.0. The van der Waals surface area contributed by atoms with Crippen molar-refractivity contribution in [3.63, 3.8) is 0 Å². The molecule has 176 valence electrons. The molecule has 1 aliphatic carbocycles. The van der Waals surface area contributed by atoms with Crippen molar-refractivity contribution >= 4 is 5.69 Å². The van der Waals surface area contributed by atoms with Crippen LogP contribution in [-0.2, 0) is 0 Å². The van der Waals surface area contributed by atoms with E-state index in [-0.39, 0.29) is 17.2 Å². The fourth-order valence-electron chi connectivity index (χ4n) is 3.81. The Bertz CT molecular complexity index is 874. The number of rotatable bonds is 5. The Labute approximate surface area is 186 Å². The average Bonchev–Trinajstić information content (AvgIpc) is 2.73. The molecular weight excluding hydrogens is 423 g/mol. The fourth-order valence-corrected chi connectivity index (χ4v) is 3.81. The molecule has 0 radical (unpaired) electrons. The highest BCUT2D eigenvalue weighted by atomic mass is 19.4. The van der Waals surface area contributed by atoms with Crippen molar-refractivity contribution in [2.24, 2.45) is 17.8 Å². The van der Waals surface area contributed by atoms with Crippen molar-refractivity contribution in [3.8, 4) is 22.6 Å². The van der Waals surface area contributed by atoms with Gasteiger partial charge < -0.3 is 9.47 Å². The summed E-state index contributed by atoms with van der Waals surface area (Å²) in [4.78, 5) is 10.4. The maximum atomic E-state index is 12.1. The van der Waals surface area contributed by atoms with E-state index in [1.54, 1.807) is 6.07 Å². The van der Waals surface area contributed by atoms with Crippen molar-refractivity contribution in [1.29, 1.82) is 0 Å². The van der Waals surface area contributed by atoms with Gasteiger partial charge in [0.15, 0.2) is 5.75 Å². The molecule has 0 spiro atoms. The van der Waals surface area contributed by atoms with E-state index in [1.807, 2.05) is 0 Å². The Hall–Kier alpha value is -2.77. The van der Waals surface area contributed by atoms with Crippen LogP contribution in [0.1, 0.15) is 46.5 Å². The van der Waals surface area contributed by atoms with Gasteiger partial charge in [0, 0.05) is 6.07 Å². The number of ether oxygens (including phenoxy) is 2. The van der Waals surface area contributed by atoms with Crippen LogP contribution < -0.4 is 9.47 Å². The Morgan fingerprint density at radius 3 is 2.03 bits per heavy atom. The highest BCUT2D eigenvalue weighted by molar-refractivity contribution is 5.69. The molecule has 1 aliphatic rings. The maximum absolute atomic E-state index is 12.1. The van der Waals surface area contributed by atoms with Gasteiger partial charge >= 0.3 is 12.0 Å². The summed E-state index contributed by atoms with van der Waals surface area (Å²) < 4.78 is 44.9. The van der Waals surface area contributed by atoms with Crippen molar-refractivity contribution in [2.45, 2.75) is 52.8 Å². The molecule has 2 aromatic carbocycles. The minimum Gasteiger partial charge on any atom is -0.490 e. The van der Waals surface area contributed by atoms with E-state index in [2.05, 4.69) is 25.5 Å². The normalized spacial score (nSPS) is 18.5. The van der Waals surface area contributed by atoms with Crippen molar-refractivity contribution in [2.75, 3.05) is 7.11 Å². The lowest BCUT2D eigenvalue weighted by molar-refractivity contribution is -0.385. The number of alkyl halides is 3. The minimum atomic E-state index is -4.76. The molecule has 0 saturated heterocycles. The summed E-state index contributed by atoms with van der Waals surface area (Å²) in [5, 5.41) is 11.0. The molecule has 8 heteroatoms. The van der Waals surface area contributed by atoms with Gasteiger partial charge in [0.25, 0.3) is 0 Å². The number of methoxy groups -OCH3 is 1. The SMILES string of the molecule is CC1CCC(C(C)C)CC1.COc1ccc(-c2ccc(OC(F)(F)F)cc2)cc1[N+](=O)[O-]. The molecule has 2 aromatic rings. The second-order valence-corrected chi connectivity index (χ2v) is 8.48. The van der Waals surface area contributed by atoms with Crippen LogP contribution in [0, 0.1) is 27.9 Å². The van der Waals surface area contributed by atoms with Crippen LogP contribution >= 0.6 is 0 Å². The molecule has 32 heavy (non-hydrogen) atoms. The van der Waals surface area contributed by atoms with E-state index in [0.717, 1.165) is 29.9 Å². The van der Waals surface area contributed by atoms with Gasteiger partial charge in [0.05, 0.1) is 12.0 Å². The van der Waals surface area contributed by atoms with Crippen molar-refractivity contribution in [3.05, 3.63) is 52.6 Å². The van der Waals surface area contributed by atoms with Crippen molar-refractivity contribution < 1.29 is 27.6 Å². The van der Waals surface area contributed by atoms with Gasteiger partial charge in [-0.3, -0.25) is 10.1 Å². The van der Waals surface area contributed by atoms with Gasteiger partial charge in [-0.05, 0) is 59.9 Å². The Morgan fingerprint density at radius 2 is 1.56 bits per heavy atom. The molecule has 1 fully saturated rings. The van der Waals surface area contributed by atoms with E-state index in [4.69, 9.17) is 4.74 Å². The molecular formula is C24H30F3NO4. The van der Waals surface area contributed by atoms with E-state index < -0.39 is 11.3 Å². The number of nitro benzene ring substituents is 1. The molecule has 0 atom stereocenters. The predicted octanol–water partition coefficient (Wildman–Crippen LogP) is 7.64. The van der Waals surface area contributed by atoms with Gasteiger partial charge in [0.2, 0.25) is 0 Å². The zero-order valence-corrected chi connectivity index (χ0v) is 18.8. The van der Waals surface area contributed by atoms with Crippen LogP contribution in [0.3, 0.4) is 0 Å². The van der Waals surface area contributed by atoms with E-state index in [9.17, 15) is 23.3 Å². The van der Waals surface area contributed by atoms with Crippen molar-refractivity contribution in [1.82, 2.24) is 0 Å². The summed E-state index contributed by atoms with van der Waals surface area (Å²) in [7, 11) is 1.31. The third-order valence-corrected chi connectivity index (χ3v) is 5.80. The number of benzene rings is 2. The van der Waals surface area contributed by atoms with Gasteiger partial charge in [0.1, 0.15) is 5.75 Å². The lowest BCUT2D eigenvalue weighted by atomic mass is 9.78. The summed E-state index contributed by atoms with van der Waals surface area (Å²) in [5.41, 5.74) is 0.766. The first-order valence-corrected chi connectivity index (χ1v) is 10.7. The third-order valence-electron chi connectivity index (χ3n) is 5.80. The summed E-state index contributed by atoms with van der Waals surface area (Å²) in [6.45, 7) is 7.11. The fraction of sp³-hybridized carbons (Fsp3) is 0.500. The molecule has 5 nitrogen and oxygen atoms in total. The summed E-state index contributed by atoms with van der Waals surface area (Å²) in [5.74, 6) is 2.71. The quantitative estimate of drug-likeness (QED) is 0.345. The molecule has 0 aliphatic heterocycles. The molecule has 0 aromatic heterocycles. The third kappa shape index (κ3) is 7.73. The van der Waals surface area contributed by atoms with Gasteiger partial charge in [-0.25, -0.2) is 0 Å². The lowest BCUT2D eigenvalue weighted by Gasteiger charge is -2.28. The average molecular weight is 454 g/mol. The number of hydrogen-bond acceptors (Lipinski definition) is 4. The Morgan fingerprint density at radius 1 is 1.00 bits per heavy atom. The molecule has 0 unspecified atom stereocenters. The molecule has 0 bridgehead atoms. The molecule has 0 amide bonds. The van der Waals surface area contributed by atoms with Crippen LogP contribution in [0.25, 0.3) is 11.1 Å². The van der Waals surface area contributed by atoms with Crippen LogP contribution in [-0.4, -0.2) is 18.4 Å². The maximum Gasteiger partial charge on any atom is 0.573 e. The van der Waals surface area contributed by atoms with E-state index >= 15 is 0 Å². The smallest absolute Gasteiger partial charge is 0.490 e. The first-order valence-electron chi connectivity index (χ1n) is 10.7. The number of nitrogens with zero attached hydrogens (tertiary/aromatic N) is 1. The second-order valence-electron chi connectivity index (χ2n) is 8.48. The zero-order valence-electron chi connectivity index (χ0n) is 18.8. The predicted molar refractivity (Wildman–Crippen MR) is 118 cm³/mol. The largest absolute Gasteiger partial charge is 0.573 e. The summed E-state index contributed by atoms with van der Waals surface area (Å²) in [6.07, 6.45) is 1.16. The zero-order chi connectivity index (χ0) is 23.9. The highest BCUT2D eigenvalue weighted by Gasteiger charge is 2.31. The molecule has 0 N–H and O–H groups in total. The summed E-state index contributed by atoms with van der Waals surface area (Å²) in [6, 6.07) is 9.33. The van der Waals surface area contributed by atoms with E-state index in [1.165, 1.54) is 57.1 Å². The Kier molecular flexibility index (Phi) is 8.92. The van der Waals surface area contributed by atoms with Gasteiger partial charge in [-0.15, -0.1) is 13.2 Å². The van der Waals surface area contributed by atoms with Crippen LogP contribution in [0.4, 0.5) is 18.9 Å². The topological polar surface area (TPSA) is 61.6 Å². The minimum absolute atomic E-state index is 0.103. The first kappa shape index (κ1) is 25.5. The van der Waals surface area contributed by atoms with Gasteiger partial charge in [-0.2, -0.15) is 0 Å². The van der Waals surface area contributed by atoms with E-state index in [0.29, 0.717) is 11.1 Å². The second kappa shape index (κ2) is 11.2. The standard InChI is InChI=1S/C14H10F3NO4.C10H20/c1-21-13-7-4-10(8-12(13)18(19)20)9-2-5-11(6-3-9)22-14(15,16)17;1-8(2)10-6-4-9(3)5-7-10/h2-8H,1H3;8-10H,4-7H2,1-3H3. The Balaban J connectivity index is 0.000000303. The lowest BCUT2D eigenvalue weighted by Crippen LogP contribution is -2.16. The number of hydrogen-bond donors (Lipinski definition) is 0. The number of nitro groups is 1. The van der Waals surface area contributed by atoms with Crippen LogP contribution in [0.2, 0.25) is 0 Å². The highest BCUT2D eigenvalue weighted by Crippen LogP contribution is 2.34.